The highest BCUT2D eigenvalue weighted by Gasteiger charge is 2.12. The van der Waals surface area contributed by atoms with Crippen molar-refractivity contribution in [3.8, 4) is 22.8 Å². The van der Waals surface area contributed by atoms with Crippen LogP contribution < -0.4 is 0 Å². The van der Waals surface area contributed by atoms with Crippen LogP contribution in [-0.2, 0) is 0 Å². The molecule has 112 valence electrons. The van der Waals surface area contributed by atoms with E-state index >= 15 is 0 Å². The first-order valence-electron chi connectivity index (χ1n) is 7.39. The normalized spacial score (nSPS) is 11.0. The van der Waals surface area contributed by atoms with Gasteiger partial charge in [-0.15, -0.1) is 0 Å². The Hall–Kier alpha value is -2.49. The molecule has 0 radical (unpaired) electrons. The summed E-state index contributed by atoms with van der Waals surface area (Å²) in [6, 6.07) is 6.37. The summed E-state index contributed by atoms with van der Waals surface area (Å²) in [5.74, 6) is 0.697. The van der Waals surface area contributed by atoms with Gasteiger partial charge in [-0.25, -0.2) is 9.97 Å². The van der Waals surface area contributed by atoms with Gasteiger partial charge in [-0.2, -0.15) is 5.10 Å². The Morgan fingerprint density at radius 3 is 2.23 bits per heavy atom. The first-order valence-corrected chi connectivity index (χ1v) is 7.39. The number of benzene rings is 1. The van der Waals surface area contributed by atoms with Gasteiger partial charge in [0.15, 0.2) is 5.82 Å². The first-order chi connectivity index (χ1) is 10.5. The maximum Gasteiger partial charge on any atom is 0.174 e. The number of aromatic amines is 1. The van der Waals surface area contributed by atoms with Gasteiger partial charge < -0.3 is 0 Å². The topological polar surface area (TPSA) is 54.5 Å². The van der Waals surface area contributed by atoms with Crippen molar-refractivity contribution in [3.63, 3.8) is 0 Å². The lowest BCUT2D eigenvalue weighted by Gasteiger charge is -2.15. The van der Waals surface area contributed by atoms with Gasteiger partial charge >= 0.3 is 0 Å². The molecule has 0 atom stereocenters. The molecule has 1 N–H and O–H groups in total. The Bertz CT molecular complexity index is 833. The van der Waals surface area contributed by atoms with Crippen LogP contribution in [0.4, 0.5) is 0 Å². The van der Waals surface area contributed by atoms with Gasteiger partial charge in [-0.05, 0) is 80.6 Å². The molecular weight excluding hydrogens is 272 g/mol. The lowest BCUT2D eigenvalue weighted by atomic mass is 9.92. The molecule has 4 heteroatoms. The molecule has 22 heavy (non-hydrogen) atoms. The zero-order valence-corrected chi connectivity index (χ0v) is 13.7. The van der Waals surface area contributed by atoms with Crippen LogP contribution >= 0.6 is 0 Å². The molecule has 3 aromatic rings. The molecule has 0 aliphatic rings. The minimum Gasteiger partial charge on any atom is -0.258 e. The van der Waals surface area contributed by atoms with Crippen LogP contribution in [0.2, 0.25) is 0 Å². The van der Waals surface area contributed by atoms with Gasteiger partial charge in [0.1, 0.15) is 12.0 Å². The maximum absolute atomic E-state index is 4.79. The highest BCUT2D eigenvalue weighted by atomic mass is 15.2. The molecule has 0 unspecified atom stereocenters. The minimum absolute atomic E-state index is 0.697. The number of aryl methyl sites for hydroxylation is 2. The van der Waals surface area contributed by atoms with Crippen molar-refractivity contribution in [2.24, 2.45) is 0 Å². The number of hydrogen-bond acceptors (Lipinski definition) is 3. The summed E-state index contributed by atoms with van der Waals surface area (Å²) in [7, 11) is 0. The monoisotopic (exact) mass is 292 g/mol. The predicted molar refractivity (Wildman–Crippen MR) is 88.7 cm³/mol. The third-order valence-corrected chi connectivity index (χ3v) is 4.38. The standard InChI is InChI=1S/C18H20N4/c1-10-6-16(21-17(7-10)18-19-9-20-22-18)15-8-11(2)12(3)13(4)14(15)5/h6-9H,1-5H3,(H,19,20,22). The fourth-order valence-corrected chi connectivity index (χ4v) is 2.73. The SMILES string of the molecule is Cc1cc(-c2ncn[nH]2)nc(-c2cc(C)c(C)c(C)c2C)c1. The van der Waals surface area contributed by atoms with Gasteiger partial charge in [0.05, 0.1) is 5.69 Å². The Morgan fingerprint density at radius 2 is 1.55 bits per heavy atom. The van der Waals surface area contributed by atoms with Crippen molar-refractivity contribution in [2.75, 3.05) is 0 Å². The van der Waals surface area contributed by atoms with Crippen molar-refractivity contribution >= 4 is 0 Å². The average molecular weight is 292 g/mol. The van der Waals surface area contributed by atoms with E-state index < -0.39 is 0 Å². The van der Waals surface area contributed by atoms with Crippen molar-refractivity contribution in [2.45, 2.75) is 34.6 Å². The zero-order valence-electron chi connectivity index (χ0n) is 13.7. The maximum atomic E-state index is 4.79. The van der Waals surface area contributed by atoms with E-state index in [1.807, 2.05) is 6.07 Å². The summed E-state index contributed by atoms with van der Waals surface area (Å²) < 4.78 is 0. The van der Waals surface area contributed by atoms with E-state index in [1.54, 1.807) is 0 Å². The number of pyridine rings is 1. The minimum atomic E-state index is 0.697. The largest absolute Gasteiger partial charge is 0.258 e. The van der Waals surface area contributed by atoms with E-state index in [0.717, 1.165) is 17.0 Å². The van der Waals surface area contributed by atoms with Crippen LogP contribution in [0, 0.1) is 34.6 Å². The molecule has 4 nitrogen and oxygen atoms in total. The van der Waals surface area contributed by atoms with E-state index in [1.165, 1.54) is 34.1 Å². The Labute approximate surface area is 130 Å². The molecule has 0 saturated carbocycles. The van der Waals surface area contributed by atoms with Crippen molar-refractivity contribution in [3.05, 3.63) is 52.3 Å². The summed E-state index contributed by atoms with van der Waals surface area (Å²) >= 11 is 0. The molecule has 0 aliphatic carbocycles. The summed E-state index contributed by atoms with van der Waals surface area (Å²) in [5.41, 5.74) is 9.41. The first kappa shape index (κ1) is 14.4. The summed E-state index contributed by atoms with van der Waals surface area (Å²) in [4.78, 5) is 8.99. The zero-order chi connectivity index (χ0) is 15.9. The second kappa shape index (κ2) is 5.37. The third-order valence-electron chi connectivity index (χ3n) is 4.38. The molecule has 2 aromatic heterocycles. The number of aromatic nitrogens is 4. The molecule has 0 bridgehead atoms. The van der Waals surface area contributed by atoms with Crippen LogP contribution in [0.3, 0.4) is 0 Å². The van der Waals surface area contributed by atoms with E-state index in [-0.39, 0.29) is 0 Å². The number of nitrogens with zero attached hydrogens (tertiary/aromatic N) is 3. The van der Waals surface area contributed by atoms with Gasteiger partial charge in [0.25, 0.3) is 0 Å². The highest BCUT2D eigenvalue weighted by Crippen LogP contribution is 2.30. The quantitative estimate of drug-likeness (QED) is 0.774. The second-order valence-corrected chi connectivity index (χ2v) is 5.87. The van der Waals surface area contributed by atoms with Gasteiger partial charge in [-0.3, -0.25) is 5.10 Å². The third kappa shape index (κ3) is 2.41. The van der Waals surface area contributed by atoms with E-state index in [9.17, 15) is 0 Å². The van der Waals surface area contributed by atoms with Gasteiger partial charge in [0, 0.05) is 5.56 Å². The smallest absolute Gasteiger partial charge is 0.174 e. The summed E-state index contributed by atoms with van der Waals surface area (Å²) in [5, 5.41) is 6.79. The van der Waals surface area contributed by atoms with E-state index in [4.69, 9.17) is 4.98 Å². The van der Waals surface area contributed by atoms with E-state index in [0.29, 0.717) is 5.82 Å². The fourth-order valence-electron chi connectivity index (χ4n) is 2.73. The van der Waals surface area contributed by atoms with Crippen molar-refractivity contribution < 1.29 is 0 Å². The fraction of sp³-hybridized carbons (Fsp3) is 0.278. The van der Waals surface area contributed by atoms with Crippen LogP contribution in [0.5, 0.6) is 0 Å². The molecule has 0 fully saturated rings. The number of H-pyrrole nitrogens is 1. The Morgan fingerprint density at radius 1 is 0.818 bits per heavy atom. The Kier molecular flexibility index (Phi) is 3.53. The summed E-state index contributed by atoms with van der Waals surface area (Å²) in [6.07, 6.45) is 1.50. The van der Waals surface area contributed by atoms with Crippen LogP contribution in [0.25, 0.3) is 22.8 Å². The molecule has 3 rings (SSSR count). The molecule has 0 saturated heterocycles. The van der Waals surface area contributed by atoms with Crippen molar-refractivity contribution in [1.82, 2.24) is 20.2 Å². The predicted octanol–water partition coefficient (Wildman–Crippen LogP) is 4.08. The molecule has 2 heterocycles. The molecule has 0 aliphatic heterocycles. The molecular formula is C18H20N4. The molecule has 0 spiro atoms. The number of nitrogens with one attached hydrogen (secondary N) is 1. The number of rotatable bonds is 2. The van der Waals surface area contributed by atoms with Crippen LogP contribution in [0.1, 0.15) is 27.8 Å². The second-order valence-electron chi connectivity index (χ2n) is 5.87. The lowest BCUT2D eigenvalue weighted by molar-refractivity contribution is 1.08. The van der Waals surface area contributed by atoms with Gasteiger partial charge in [-0.1, -0.05) is 0 Å². The lowest BCUT2D eigenvalue weighted by Crippen LogP contribution is -1.98. The van der Waals surface area contributed by atoms with E-state index in [2.05, 4.69) is 61.9 Å². The molecule has 1 aromatic carbocycles. The molecule has 0 amide bonds. The average Bonchev–Trinajstić information content (AvgIpc) is 3.02. The number of hydrogen-bond donors (Lipinski definition) is 1. The van der Waals surface area contributed by atoms with Crippen LogP contribution in [-0.4, -0.2) is 20.2 Å². The summed E-state index contributed by atoms with van der Waals surface area (Å²) in [6.45, 7) is 10.7. The van der Waals surface area contributed by atoms with Gasteiger partial charge in [0.2, 0.25) is 0 Å². The Balaban J connectivity index is 2.21. The van der Waals surface area contributed by atoms with Crippen molar-refractivity contribution in [1.29, 1.82) is 0 Å². The highest BCUT2D eigenvalue weighted by molar-refractivity contribution is 5.70. The van der Waals surface area contributed by atoms with Crippen LogP contribution in [0.15, 0.2) is 24.5 Å².